The summed E-state index contributed by atoms with van der Waals surface area (Å²) >= 11 is 3.47. The molecule has 0 N–H and O–H groups in total. The summed E-state index contributed by atoms with van der Waals surface area (Å²) in [6.07, 6.45) is 1.75. The monoisotopic (exact) mass is 343 g/mol. The molecule has 0 unspecified atom stereocenters. The number of halogens is 1. The van der Waals surface area contributed by atoms with E-state index in [2.05, 4.69) is 52.3 Å². The van der Waals surface area contributed by atoms with E-state index in [0.717, 1.165) is 22.9 Å². The molecule has 0 aliphatic heterocycles. The molecule has 0 spiro atoms. The van der Waals surface area contributed by atoms with E-state index >= 15 is 0 Å². The molecule has 0 saturated carbocycles. The molecule has 2 aromatic carbocycles. The van der Waals surface area contributed by atoms with Crippen LogP contribution in [0.15, 0.2) is 53.0 Å². The van der Waals surface area contributed by atoms with Gasteiger partial charge in [0.05, 0.1) is 0 Å². The van der Waals surface area contributed by atoms with Crippen molar-refractivity contribution in [2.75, 3.05) is 7.05 Å². The highest BCUT2D eigenvalue weighted by atomic mass is 79.9. The third kappa shape index (κ3) is 3.18. The van der Waals surface area contributed by atoms with Crippen LogP contribution in [0, 0.1) is 5.92 Å². The quantitative estimate of drug-likeness (QED) is 0.829. The highest BCUT2D eigenvalue weighted by Crippen LogP contribution is 2.28. The molecule has 2 nitrogen and oxygen atoms in total. The molecule has 3 rings (SSSR count). The molecule has 0 bridgehead atoms. The van der Waals surface area contributed by atoms with Crippen LogP contribution < -0.4 is 0 Å². The van der Waals surface area contributed by atoms with Crippen LogP contribution in [0.5, 0.6) is 0 Å². The third-order valence-corrected chi connectivity index (χ3v) is 4.58. The number of amides is 1. The Morgan fingerprint density at radius 2 is 1.81 bits per heavy atom. The lowest BCUT2D eigenvalue weighted by Gasteiger charge is -2.21. The Balaban J connectivity index is 1.66. The molecule has 108 valence electrons. The molecule has 0 aromatic heterocycles. The molecule has 1 aliphatic rings. The number of benzene rings is 2. The molecule has 0 atom stereocenters. The number of rotatable bonds is 3. The van der Waals surface area contributed by atoms with E-state index in [-0.39, 0.29) is 11.8 Å². The van der Waals surface area contributed by atoms with Gasteiger partial charge in [0.25, 0.3) is 0 Å². The van der Waals surface area contributed by atoms with Gasteiger partial charge in [-0.05, 0) is 41.7 Å². The number of carbonyl (C=O) groups excluding carboxylic acids is 1. The van der Waals surface area contributed by atoms with Gasteiger partial charge in [-0.2, -0.15) is 0 Å². The average Bonchev–Trinajstić information content (AvgIpc) is 2.90. The SMILES string of the molecule is CN(Cc1cccc(Br)c1)C(=O)C1Cc2ccccc2C1. The van der Waals surface area contributed by atoms with Gasteiger partial charge in [0, 0.05) is 24.0 Å². The normalized spacial score (nSPS) is 14.0. The van der Waals surface area contributed by atoms with Gasteiger partial charge in [-0.1, -0.05) is 52.3 Å². The molecule has 2 aromatic rings. The van der Waals surface area contributed by atoms with Crippen molar-refractivity contribution in [3.63, 3.8) is 0 Å². The Morgan fingerprint density at radius 1 is 1.14 bits per heavy atom. The summed E-state index contributed by atoms with van der Waals surface area (Å²) in [5.74, 6) is 0.339. The van der Waals surface area contributed by atoms with E-state index in [9.17, 15) is 4.79 Å². The fraction of sp³-hybridized carbons (Fsp3) is 0.278. The van der Waals surface area contributed by atoms with Gasteiger partial charge in [-0.3, -0.25) is 4.79 Å². The predicted molar refractivity (Wildman–Crippen MR) is 88.0 cm³/mol. The summed E-state index contributed by atoms with van der Waals surface area (Å²) in [4.78, 5) is 14.5. The van der Waals surface area contributed by atoms with E-state index in [1.54, 1.807) is 0 Å². The summed E-state index contributed by atoms with van der Waals surface area (Å²) < 4.78 is 1.05. The van der Waals surface area contributed by atoms with E-state index < -0.39 is 0 Å². The minimum Gasteiger partial charge on any atom is -0.341 e. The summed E-state index contributed by atoms with van der Waals surface area (Å²) in [6.45, 7) is 0.658. The molecule has 1 amide bonds. The third-order valence-electron chi connectivity index (χ3n) is 4.09. The Bertz CT molecular complexity index is 643. The molecule has 0 saturated heterocycles. The van der Waals surface area contributed by atoms with Crippen molar-refractivity contribution in [1.82, 2.24) is 4.90 Å². The minimum absolute atomic E-state index is 0.0968. The maximum Gasteiger partial charge on any atom is 0.226 e. The van der Waals surface area contributed by atoms with Gasteiger partial charge in [0.15, 0.2) is 0 Å². The van der Waals surface area contributed by atoms with Crippen LogP contribution in [0.2, 0.25) is 0 Å². The van der Waals surface area contributed by atoms with Crippen molar-refractivity contribution in [2.24, 2.45) is 5.92 Å². The minimum atomic E-state index is 0.0968. The molecule has 0 heterocycles. The largest absolute Gasteiger partial charge is 0.341 e. The summed E-state index contributed by atoms with van der Waals surface area (Å²) in [6, 6.07) is 16.5. The summed E-state index contributed by atoms with van der Waals surface area (Å²) in [7, 11) is 1.90. The standard InChI is InChI=1S/C18H18BrNO/c1-20(12-13-5-4-8-17(19)9-13)18(21)16-10-14-6-2-3-7-15(14)11-16/h2-9,16H,10-12H2,1H3. The van der Waals surface area contributed by atoms with Crippen LogP contribution in [-0.2, 0) is 24.2 Å². The molecular formula is C18H18BrNO. The Hall–Kier alpha value is -1.61. The average molecular weight is 344 g/mol. The fourth-order valence-corrected chi connectivity index (χ4v) is 3.48. The molecule has 0 radical (unpaired) electrons. The molecule has 3 heteroatoms. The second kappa shape index (κ2) is 6.02. The molecule has 21 heavy (non-hydrogen) atoms. The zero-order chi connectivity index (χ0) is 14.8. The lowest BCUT2D eigenvalue weighted by atomic mass is 10.0. The van der Waals surface area contributed by atoms with E-state index in [1.807, 2.05) is 24.1 Å². The van der Waals surface area contributed by atoms with Gasteiger partial charge in [-0.15, -0.1) is 0 Å². The van der Waals surface area contributed by atoms with Gasteiger partial charge < -0.3 is 4.90 Å². The van der Waals surface area contributed by atoms with Crippen LogP contribution in [0.3, 0.4) is 0 Å². The van der Waals surface area contributed by atoms with Crippen LogP contribution in [0.4, 0.5) is 0 Å². The first-order valence-electron chi connectivity index (χ1n) is 7.19. The van der Waals surface area contributed by atoms with Crippen molar-refractivity contribution in [1.29, 1.82) is 0 Å². The fourth-order valence-electron chi connectivity index (χ4n) is 3.03. The van der Waals surface area contributed by atoms with Crippen LogP contribution in [-0.4, -0.2) is 17.9 Å². The van der Waals surface area contributed by atoms with Crippen molar-refractivity contribution in [3.8, 4) is 0 Å². The molecular weight excluding hydrogens is 326 g/mol. The number of carbonyl (C=O) groups is 1. The number of hydrogen-bond acceptors (Lipinski definition) is 1. The van der Waals surface area contributed by atoms with Gasteiger partial charge in [0.1, 0.15) is 0 Å². The van der Waals surface area contributed by atoms with E-state index in [0.29, 0.717) is 6.54 Å². The first-order chi connectivity index (χ1) is 10.1. The smallest absolute Gasteiger partial charge is 0.226 e. The summed E-state index contributed by atoms with van der Waals surface area (Å²) in [5.41, 5.74) is 3.80. The zero-order valence-electron chi connectivity index (χ0n) is 12.1. The Morgan fingerprint density at radius 3 is 2.43 bits per heavy atom. The van der Waals surface area contributed by atoms with Crippen LogP contribution in [0.1, 0.15) is 16.7 Å². The van der Waals surface area contributed by atoms with Gasteiger partial charge in [-0.25, -0.2) is 0 Å². The van der Waals surface area contributed by atoms with Gasteiger partial charge >= 0.3 is 0 Å². The Labute approximate surface area is 133 Å². The Kier molecular flexibility index (Phi) is 4.11. The topological polar surface area (TPSA) is 20.3 Å². The maximum absolute atomic E-state index is 12.6. The van der Waals surface area contributed by atoms with E-state index in [4.69, 9.17) is 0 Å². The predicted octanol–water partition coefficient (Wildman–Crippen LogP) is 3.82. The second-order valence-corrected chi connectivity index (χ2v) is 6.61. The molecule has 1 aliphatic carbocycles. The van der Waals surface area contributed by atoms with Crippen LogP contribution in [0.25, 0.3) is 0 Å². The van der Waals surface area contributed by atoms with Crippen LogP contribution >= 0.6 is 15.9 Å². The van der Waals surface area contributed by atoms with Crippen molar-refractivity contribution in [3.05, 3.63) is 69.7 Å². The number of hydrogen-bond donors (Lipinski definition) is 0. The van der Waals surface area contributed by atoms with Crippen molar-refractivity contribution >= 4 is 21.8 Å². The van der Waals surface area contributed by atoms with Gasteiger partial charge in [0.2, 0.25) is 5.91 Å². The number of fused-ring (bicyclic) bond motifs is 1. The van der Waals surface area contributed by atoms with Crippen molar-refractivity contribution < 1.29 is 4.79 Å². The highest BCUT2D eigenvalue weighted by Gasteiger charge is 2.29. The number of nitrogens with zero attached hydrogens (tertiary/aromatic N) is 1. The first kappa shape index (κ1) is 14.3. The summed E-state index contributed by atoms with van der Waals surface area (Å²) in [5, 5.41) is 0. The molecule has 0 fully saturated rings. The maximum atomic E-state index is 12.6. The first-order valence-corrected chi connectivity index (χ1v) is 7.99. The zero-order valence-corrected chi connectivity index (χ0v) is 13.6. The highest BCUT2D eigenvalue weighted by molar-refractivity contribution is 9.10. The second-order valence-electron chi connectivity index (χ2n) is 5.70. The van der Waals surface area contributed by atoms with Crippen molar-refractivity contribution in [2.45, 2.75) is 19.4 Å². The lowest BCUT2D eigenvalue weighted by Crippen LogP contribution is -2.32. The van der Waals surface area contributed by atoms with E-state index in [1.165, 1.54) is 11.1 Å². The lowest BCUT2D eigenvalue weighted by molar-refractivity contribution is -0.134.